The molecule has 0 aliphatic carbocycles. The van der Waals surface area contributed by atoms with Gasteiger partial charge in [0.05, 0.1) is 21.8 Å². The van der Waals surface area contributed by atoms with Gasteiger partial charge in [0.2, 0.25) is 0 Å². The molecule has 0 heterocycles. The maximum absolute atomic E-state index is 11.7. The van der Waals surface area contributed by atoms with Crippen molar-refractivity contribution in [1.29, 1.82) is 0 Å². The van der Waals surface area contributed by atoms with E-state index in [2.05, 4.69) is 21.5 Å². The number of aromatic carboxylic acids is 1. The molecule has 0 unspecified atom stereocenters. The summed E-state index contributed by atoms with van der Waals surface area (Å²) >= 11 is 0. The van der Waals surface area contributed by atoms with Crippen molar-refractivity contribution in [2.24, 2.45) is 10.2 Å². The minimum Gasteiger partial charge on any atom is -0.872 e. The maximum Gasteiger partial charge on any atom is 1.00 e. The Bertz CT molecular complexity index is 911. The van der Waals surface area contributed by atoms with Gasteiger partial charge in [-0.1, -0.05) is 18.4 Å². The molecule has 0 fully saturated rings. The van der Waals surface area contributed by atoms with E-state index >= 15 is 0 Å². The van der Waals surface area contributed by atoms with Crippen molar-refractivity contribution >= 4 is 27.4 Å². The van der Waals surface area contributed by atoms with E-state index < -0.39 is 27.3 Å². The number of benzene rings is 2. The van der Waals surface area contributed by atoms with Gasteiger partial charge in [0.1, 0.15) is 0 Å². The minimum atomic E-state index is -3.65. The molecular formula is C15H12N3NaO5S. The van der Waals surface area contributed by atoms with Crippen LogP contribution in [0.25, 0.3) is 0 Å². The fourth-order valence-corrected chi connectivity index (χ4v) is 2.58. The molecule has 0 saturated carbocycles. The summed E-state index contributed by atoms with van der Waals surface area (Å²) in [6.45, 7) is 3.29. The van der Waals surface area contributed by atoms with Gasteiger partial charge in [-0.25, -0.2) is 13.2 Å². The van der Waals surface area contributed by atoms with Crippen LogP contribution < -0.4 is 39.4 Å². The number of hydrogen-bond acceptors (Lipinski definition) is 6. The zero-order chi connectivity index (χ0) is 17.7. The minimum absolute atomic E-state index is 0. The third kappa shape index (κ3) is 5.40. The van der Waals surface area contributed by atoms with Crippen molar-refractivity contribution in [1.82, 2.24) is 4.72 Å². The standard InChI is InChI=1S/C15H13N3O5S.Na/c1-2-16-24(22,23)12-6-3-10(4-7-12)17-18-11-5-8-14(19)13(9-11)15(20)21;/h2-9,16,19H,1H2,(H,20,21);/q;+1/p-1. The summed E-state index contributed by atoms with van der Waals surface area (Å²) in [5.41, 5.74) is 0.149. The first-order valence-corrected chi connectivity index (χ1v) is 8.01. The number of sulfonamides is 1. The summed E-state index contributed by atoms with van der Waals surface area (Å²) in [5, 5.41) is 27.9. The zero-order valence-corrected chi connectivity index (χ0v) is 16.0. The Kier molecular flexibility index (Phi) is 7.31. The van der Waals surface area contributed by atoms with Crippen LogP contribution in [0.4, 0.5) is 11.4 Å². The molecule has 8 nitrogen and oxygen atoms in total. The smallest absolute Gasteiger partial charge is 0.872 e. The maximum atomic E-state index is 11.7. The predicted molar refractivity (Wildman–Crippen MR) is 84.0 cm³/mol. The van der Waals surface area contributed by atoms with Gasteiger partial charge in [0, 0.05) is 6.20 Å². The summed E-state index contributed by atoms with van der Waals surface area (Å²) in [6.07, 6.45) is 1.06. The Morgan fingerprint density at radius 1 is 1.12 bits per heavy atom. The number of carboxylic acids is 1. The topological polar surface area (TPSA) is 131 Å². The molecule has 124 valence electrons. The zero-order valence-electron chi connectivity index (χ0n) is 13.2. The molecule has 0 saturated heterocycles. The Morgan fingerprint density at radius 3 is 2.24 bits per heavy atom. The van der Waals surface area contributed by atoms with Crippen LogP contribution in [0.3, 0.4) is 0 Å². The monoisotopic (exact) mass is 369 g/mol. The van der Waals surface area contributed by atoms with Crippen LogP contribution in [0.15, 0.2) is 70.4 Å². The van der Waals surface area contributed by atoms with Crippen molar-refractivity contribution in [3.05, 3.63) is 60.8 Å². The van der Waals surface area contributed by atoms with Gasteiger partial charge in [0.15, 0.2) is 0 Å². The molecule has 2 N–H and O–H groups in total. The second kappa shape index (κ2) is 8.77. The second-order valence-electron chi connectivity index (χ2n) is 4.50. The van der Waals surface area contributed by atoms with Crippen molar-refractivity contribution in [3.8, 4) is 5.75 Å². The first-order chi connectivity index (χ1) is 11.3. The molecule has 0 aliphatic rings. The van der Waals surface area contributed by atoms with Gasteiger partial charge in [-0.2, -0.15) is 10.2 Å². The number of rotatable bonds is 6. The summed E-state index contributed by atoms with van der Waals surface area (Å²) in [7, 11) is -3.65. The molecule has 0 radical (unpaired) electrons. The SMILES string of the molecule is C=CNS(=O)(=O)c1ccc(N=Nc2ccc([O-])c(C(=O)O)c2)cc1.[Na+]. The number of nitrogens with one attached hydrogen (secondary N) is 1. The van der Waals surface area contributed by atoms with Crippen molar-refractivity contribution in [2.45, 2.75) is 4.90 Å². The van der Waals surface area contributed by atoms with E-state index in [1.165, 1.54) is 30.3 Å². The first-order valence-electron chi connectivity index (χ1n) is 6.53. The van der Waals surface area contributed by atoms with Crippen molar-refractivity contribution in [2.75, 3.05) is 0 Å². The molecule has 10 heteroatoms. The number of carbonyl (C=O) groups is 1. The van der Waals surface area contributed by atoms with Crippen LogP contribution >= 0.6 is 0 Å². The number of nitrogens with zero attached hydrogens (tertiary/aromatic N) is 2. The quantitative estimate of drug-likeness (QED) is 0.513. The average molecular weight is 369 g/mol. The fourth-order valence-electron chi connectivity index (χ4n) is 1.73. The summed E-state index contributed by atoms with van der Waals surface area (Å²) in [5.74, 6) is -1.97. The Morgan fingerprint density at radius 2 is 1.68 bits per heavy atom. The van der Waals surface area contributed by atoms with Gasteiger partial charge in [-0.15, -0.1) is 0 Å². The van der Waals surface area contributed by atoms with Gasteiger partial charge in [-0.3, -0.25) is 4.72 Å². The normalized spacial score (nSPS) is 10.9. The molecule has 0 aromatic heterocycles. The molecular weight excluding hydrogens is 357 g/mol. The van der Waals surface area contributed by atoms with E-state index in [1.54, 1.807) is 0 Å². The summed E-state index contributed by atoms with van der Waals surface area (Å²) in [4.78, 5) is 10.9. The Hall–Kier alpha value is -2.20. The molecule has 2 aromatic rings. The third-order valence-corrected chi connectivity index (χ3v) is 4.23. The fraction of sp³-hybridized carbons (Fsp3) is 0. The van der Waals surface area contributed by atoms with Crippen LogP contribution in [-0.4, -0.2) is 19.5 Å². The molecule has 0 aliphatic heterocycles. The van der Waals surface area contributed by atoms with Gasteiger partial charge >= 0.3 is 35.5 Å². The van der Waals surface area contributed by atoms with E-state index in [0.717, 1.165) is 18.3 Å². The Balaban J connectivity index is 0.00000312. The molecule has 2 rings (SSSR count). The van der Waals surface area contributed by atoms with Gasteiger partial charge < -0.3 is 10.2 Å². The molecule has 2 aromatic carbocycles. The van der Waals surface area contributed by atoms with E-state index in [-0.39, 0.29) is 40.1 Å². The van der Waals surface area contributed by atoms with Crippen LogP contribution in [0.1, 0.15) is 10.4 Å². The largest absolute Gasteiger partial charge is 1.00 e. The van der Waals surface area contributed by atoms with Crippen LogP contribution in [-0.2, 0) is 10.0 Å². The number of azo groups is 1. The van der Waals surface area contributed by atoms with E-state index in [0.29, 0.717) is 5.69 Å². The molecule has 0 atom stereocenters. The third-order valence-electron chi connectivity index (χ3n) is 2.86. The van der Waals surface area contributed by atoms with Crippen LogP contribution in [0, 0.1) is 0 Å². The van der Waals surface area contributed by atoms with E-state index in [9.17, 15) is 18.3 Å². The Labute approximate surface area is 166 Å². The molecule has 0 amide bonds. The first kappa shape index (κ1) is 20.8. The van der Waals surface area contributed by atoms with Crippen molar-refractivity contribution < 1.29 is 53.0 Å². The number of carboxylic acid groups (broad SMARTS) is 1. The molecule has 0 bridgehead atoms. The van der Waals surface area contributed by atoms with E-state index in [1.807, 2.05) is 0 Å². The average Bonchev–Trinajstić information content (AvgIpc) is 2.54. The molecule has 25 heavy (non-hydrogen) atoms. The van der Waals surface area contributed by atoms with Crippen LogP contribution in [0.2, 0.25) is 0 Å². The predicted octanol–water partition coefficient (Wildman–Crippen LogP) is -0.700. The second-order valence-corrected chi connectivity index (χ2v) is 6.22. The molecule has 0 spiro atoms. The van der Waals surface area contributed by atoms with Gasteiger partial charge in [0.25, 0.3) is 10.0 Å². The van der Waals surface area contributed by atoms with Gasteiger partial charge in [-0.05, 0) is 36.4 Å². The van der Waals surface area contributed by atoms with Crippen molar-refractivity contribution in [3.63, 3.8) is 0 Å². The summed E-state index contributed by atoms with van der Waals surface area (Å²) < 4.78 is 25.6. The van der Waals surface area contributed by atoms with Crippen LogP contribution in [0.5, 0.6) is 5.75 Å². The summed E-state index contributed by atoms with van der Waals surface area (Å²) in [6, 6.07) is 9.08. The van der Waals surface area contributed by atoms with E-state index in [4.69, 9.17) is 5.11 Å². The number of hydrogen-bond donors (Lipinski definition) is 2.